The van der Waals surface area contributed by atoms with Crippen molar-refractivity contribution in [3.63, 3.8) is 0 Å². The second kappa shape index (κ2) is 4.48. The van der Waals surface area contributed by atoms with Crippen molar-refractivity contribution < 1.29 is 12.8 Å². The molecule has 0 bridgehead atoms. The predicted molar refractivity (Wildman–Crippen MR) is 64.2 cm³/mol. The van der Waals surface area contributed by atoms with Gasteiger partial charge in [-0.15, -0.1) is 0 Å². The molecule has 0 aliphatic rings. The minimum absolute atomic E-state index is 0.298. The van der Waals surface area contributed by atoms with E-state index in [9.17, 15) is 8.42 Å². The topological polar surface area (TPSA) is 47.3 Å². The lowest BCUT2D eigenvalue weighted by atomic mass is 10.2. The van der Waals surface area contributed by atoms with Crippen molar-refractivity contribution in [1.82, 2.24) is 0 Å². The van der Waals surface area contributed by atoms with Gasteiger partial charge in [-0.3, -0.25) is 0 Å². The van der Waals surface area contributed by atoms with E-state index in [2.05, 4.69) is 11.8 Å². The molecule has 0 amide bonds. The molecule has 0 atom stereocenters. The van der Waals surface area contributed by atoms with Crippen LogP contribution < -0.4 is 0 Å². The molecule has 0 aliphatic carbocycles. The first-order valence-corrected chi connectivity index (χ1v) is 6.79. The number of rotatable bonds is 1. The summed E-state index contributed by atoms with van der Waals surface area (Å²) in [6.45, 7) is 0. The number of furan rings is 1. The summed E-state index contributed by atoms with van der Waals surface area (Å²) in [7, 11) is -3.14. The van der Waals surface area contributed by atoms with Crippen molar-refractivity contribution in [2.24, 2.45) is 0 Å². The maximum Gasteiger partial charge on any atom is 0.175 e. The molecule has 0 saturated heterocycles. The molecule has 86 valence electrons. The average Bonchev–Trinajstić information content (AvgIpc) is 2.78. The van der Waals surface area contributed by atoms with Crippen LogP contribution >= 0.6 is 0 Å². The van der Waals surface area contributed by atoms with E-state index < -0.39 is 9.84 Å². The summed E-state index contributed by atoms with van der Waals surface area (Å²) < 4.78 is 27.4. The van der Waals surface area contributed by atoms with Crippen molar-refractivity contribution in [3.05, 3.63) is 54.0 Å². The van der Waals surface area contributed by atoms with Crippen molar-refractivity contribution in [2.75, 3.05) is 6.26 Å². The Hall–Kier alpha value is -1.99. The van der Waals surface area contributed by atoms with Gasteiger partial charge in [0.25, 0.3) is 0 Å². The summed E-state index contributed by atoms with van der Waals surface area (Å²) in [5, 5.41) is 0. The SMILES string of the molecule is CS(=O)(=O)c1ccc(C#Cc2ccoc2)cc1. The van der Waals surface area contributed by atoms with Crippen LogP contribution in [0.2, 0.25) is 0 Å². The van der Waals surface area contributed by atoms with Gasteiger partial charge in [0.05, 0.1) is 16.7 Å². The van der Waals surface area contributed by atoms with Crippen LogP contribution in [-0.2, 0) is 9.84 Å². The highest BCUT2D eigenvalue weighted by molar-refractivity contribution is 7.90. The van der Waals surface area contributed by atoms with Gasteiger partial charge in [0.2, 0.25) is 0 Å². The molecule has 1 heterocycles. The van der Waals surface area contributed by atoms with Gasteiger partial charge in [0.1, 0.15) is 6.26 Å². The third-order valence-electron chi connectivity index (χ3n) is 2.15. The Balaban J connectivity index is 2.25. The average molecular weight is 246 g/mol. The van der Waals surface area contributed by atoms with Crippen LogP contribution in [-0.4, -0.2) is 14.7 Å². The zero-order valence-corrected chi connectivity index (χ0v) is 9.99. The van der Waals surface area contributed by atoms with Gasteiger partial charge in [0.15, 0.2) is 9.84 Å². The molecule has 0 fully saturated rings. The second-order valence-electron chi connectivity index (χ2n) is 3.56. The van der Waals surface area contributed by atoms with Gasteiger partial charge >= 0.3 is 0 Å². The van der Waals surface area contributed by atoms with Crippen LogP contribution in [0.15, 0.2) is 52.2 Å². The van der Waals surface area contributed by atoms with E-state index in [-0.39, 0.29) is 0 Å². The zero-order chi connectivity index (χ0) is 12.3. The van der Waals surface area contributed by atoms with Gasteiger partial charge in [-0.25, -0.2) is 8.42 Å². The van der Waals surface area contributed by atoms with Gasteiger partial charge in [-0.2, -0.15) is 0 Å². The van der Waals surface area contributed by atoms with Crippen LogP contribution in [0.1, 0.15) is 11.1 Å². The number of benzene rings is 1. The quantitative estimate of drug-likeness (QED) is 0.724. The van der Waals surface area contributed by atoms with Crippen molar-refractivity contribution in [1.29, 1.82) is 0 Å². The Bertz CT molecular complexity index is 654. The lowest BCUT2D eigenvalue weighted by molar-refractivity contribution is 0.566. The Morgan fingerprint density at radius 2 is 1.65 bits per heavy atom. The smallest absolute Gasteiger partial charge is 0.175 e. The summed E-state index contributed by atoms with van der Waals surface area (Å²) in [5.74, 6) is 5.83. The summed E-state index contributed by atoms with van der Waals surface area (Å²) >= 11 is 0. The first-order chi connectivity index (χ1) is 8.05. The molecule has 1 aromatic heterocycles. The minimum atomic E-state index is -3.14. The first kappa shape index (κ1) is 11.5. The van der Waals surface area contributed by atoms with Crippen LogP contribution in [0.4, 0.5) is 0 Å². The van der Waals surface area contributed by atoms with E-state index >= 15 is 0 Å². The van der Waals surface area contributed by atoms with Gasteiger partial charge < -0.3 is 4.42 Å². The molecule has 2 aromatic rings. The predicted octanol–water partition coefficient (Wildman–Crippen LogP) is 2.08. The van der Waals surface area contributed by atoms with Crippen LogP contribution in [0, 0.1) is 11.8 Å². The fourth-order valence-corrected chi connectivity index (χ4v) is 1.90. The second-order valence-corrected chi connectivity index (χ2v) is 5.57. The monoisotopic (exact) mass is 246 g/mol. The highest BCUT2D eigenvalue weighted by Crippen LogP contribution is 2.09. The third kappa shape index (κ3) is 2.99. The van der Waals surface area contributed by atoms with E-state index in [4.69, 9.17) is 4.42 Å². The van der Waals surface area contributed by atoms with E-state index in [1.54, 1.807) is 42.9 Å². The molecule has 0 unspecified atom stereocenters. The van der Waals surface area contributed by atoms with Crippen LogP contribution in [0.25, 0.3) is 0 Å². The molecule has 0 N–H and O–H groups in total. The van der Waals surface area contributed by atoms with Gasteiger partial charge in [-0.1, -0.05) is 11.8 Å². The van der Waals surface area contributed by atoms with E-state index in [0.29, 0.717) is 4.90 Å². The molecular formula is C13H10O3S. The van der Waals surface area contributed by atoms with Crippen LogP contribution in [0.5, 0.6) is 0 Å². The maximum atomic E-state index is 11.2. The maximum absolute atomic E-state index is 11.2. The van der Waals surface area contributed by atoms with Gasteiger partial charge in [0, 0.05) is 11.8 Å². The molecule has 2 rings (SSSR count). The highest BCUT2D eigenvalue weighted by atomic mass is 32.2. The normalized spacial score (nSPS) is 10.6. The summed E-state index contributed by atoms with van der Waals surface area (Å²) in [6.07, 6.45) is 4.29. The molecule has 4 heteroatoms. The fourth-order valence-electron chi connectivity index (χ4n) is 1.27. The fraction of sp³-hybridized carbons (Fsp3) is 0.0769. The van der Waals surface area contributed by atoms with Gasteiger partial charge in [-0.05, 0) is 30.3 Å². The van der Waals surface area contributed by atoms with Crippen LogP contribution in [0.3, 0.4) is 0 Å². The number of sulfone groups is 1. The molecule has 17 heavy (non-hydrogen) atoms. The van der Waals surface area contributed by atoms with E-state index in [1.165, 1.54) is 6.26 Å². The molecular weight excluding hydrogens is 236 g/mol. The van der Waals surface area contributed by atoms with Crippen molar-refractivity contribution >= 4 is 9.84 Å². The number of hydrogen-bond donors (Lipinski definition) is 0. The Morgan fingerprint density at radius 3 is 2.18 bits per heavy atom. The van der Waals surface area contributed by atoms with Crippen molar-refractivity contribution in [2.45, 2.75) is 4.90 Å². The summed E-state index contributed by atoms with van der Waals surface area (Å²) in [5.41, 5.74) is 1.55. The molecule has 0 spiro atoms. The Morgan fingerprint density at radius 1 is 1.00 bits per heavy atom. The molecule has 3 nitrogen and oxygen atoms in total. The zero-order valence-electron chi connectivity index (χ0n) is 9.17. The highest BCUT2D eigenvalue weighted by Gasteiger charge is 2.04. The lowest BCUT2D eigenvalue weighted by Gasteiger charge is -1.96. The lowest BCUT2D eigenvalue weighted by Crippen LogP contribution is -1.96. The Labute approximate surface area is 100 Å². The summed E-state index contributed by atoms with van der Waals surface area (Å²) in [6, 6.07) is 8.23. The molecule has 0 aliphatic heterocycles. The standard InChI is InChI=1S/C13H10O3S/c1-17(14,15)13-6-4-11(5-7-13)2-3-12-8-9-16-10-12/h4-10H,1H3. The third-order valence-corrected chi connectivity index (χ3v) is 3.28. The largest absolute Gasteiger partial charge is 0.471 e. The minimum Gasteiger partial charge on any atom is -0.471 e. The van der Waals surface area contributed by atoms with Crippen molar-refractivity contribution in [3.8, 4) is 11.8 Å². The number of hydrogen-bond acceptors (Lipinski definition) is 3. The Kier molecular flexibility index (Phi) is 3.03. The first-order valence-electron chi connectivity index (χ1n) is 4.90. The molecule has 0 saturated carbocycles. The molecule has 0 radical (unpaired) electrons. The summed E-state index contributed by atoms with van der Waals surface area (Å²) in [4.78, 5) is 0.298. The van der Waals surface area contributed by atoms with E-state index in [1.807, 2.05) is 0 Å². The van der Waals surface area contributed by atoms with E-state index in [0.717, 1.165) is 11.1 Å². The molecule has 1 aromatic carbocycles.